The van der Waals surface area contributed by atoms with Crippen LogP contribution < -0.4 is 10.6 Å². The normalized spacial score (nSPS) is 17.9. The molecule has 174 valence electrons. The van der Waals surface area contributed by atoms with Crippen molar-refractivity contribution in [2.75, 3.05) is 18.5 Å². The van der Waals surface area contributed by atoms with Gasteiger partial charge in [-0.2, -0.15) is 5.10 Å². The lowest BCUT2D eigenvalue weighted by Gasteiger charge is -2.14. The van der Waals surface area contributed by atoms with Crippen molar-refractivity contribution in [2.45, 2.75) is 37.8 Å². The van der Waals surface area contributed by atoms with Crippen molar-refractivity contribution in [3.05, 3.63) is 53.4 Å². The topological polar surface area (TPSA) is 109 Å². The molecule has 34 heavy (non-hydrogen) atoms. The Hall–Kier alpha value is -3.43. The number of benzene rings is 1. The number of amides is 1. The third kappa shape index (κ3) is 4.12. The first-order valence-corrected chi connectivity index (χ1v) is 11.9. The fraction of sp³-hybridized carbons (Fsp3) is 0.333. The molecule has 0 bridgehead atoms. The van der Waals surface area contributed by atoms with Crippen molar-refractivity contribution in [1.82, 2.24) is 29.9 Å². The van der Waals surface area contributed by atoms with E-state index >= 15 is 0 Å². The third-order valence-electron chi connectivity index (χ3n) is 6.21. The van der Waals surface area contributed by atoms with Gasteiger partial charge in [-0.1, -0.05) is 17.7 Å². The van der Waals surface area contributed by atoms with Crippen LogP contribution >= 0.6 is 11.6 Å². The molecule has 1 saturated heterocycles. The van der Waals surface area contributed by atoms with Crippen LogP contribution in [0.4, 0.5) is 5.82 Å². The maximum atomic E-state index is 12.5. The van der Waals surface area contributed by atoms with E-state index in [1.165, 1.54) is 0 Å². The van der Waals surface area contributed by atoms with E-state index in [9.17, 15) is 4.79 Å². The zero-order chi connectivity index (χ0) is 23.1. The highest BCUT2D eigenvalue weighted by atomic mass is 35.5. The van der Waals surface area contributed by atoms with Gasteiger partial charge in [0.05, 0.1) is 34.3 Å². The highest BCUT2D eigenvalue weighted by Crippen LogP contribution is 2.30. The summed E-state index contributed by atoms with van der Waals surface area (Å²) in [7, 11) is 0. The molecule has 1 amide bonds. The second-order valence-electron chi connectivity index (χ2n) is 8.74. The minimum atomic E-state index is -0.136. The minimum absolute atomic E-state index is 0.136. The first-order valence-electron chi connectivity index (χ1n) is 11.5. The highest BCUT2D eigenvalue weighted by molar-refractivity contribution is 6.34. The summed E-state index contributed by atoms with van der Waals surface area (Å²) >= 11 is 6.52. The van der Waals surface area contributed by atoms with Gasteiger partial charge in [-0.15, -0.1) is 0 Å². The van der Waals surface area contributed by atoms with E-state index in [-0.39, 0.29) is 18.1 Å². The number of anilines is 1. The summed E-state index contributed by atoms with van der Waals surface area (Å²) in [5.74, 6) is 0.531. The molecule has 3 N–H and O–H groups in total. The number of rotatable bonds is 7. The van der Waals surface area contributed by atoms with Gasteiger partial charge in [0.15, 0.2) is 11.5 Å². The van der Waals surface area contributed by atoms with Crippen molar-refractivity contribution in [3.8, 4) is 22.6 Å². The van der Waals surface area contributed by atoms with Crippen molar-refractivity contribution in [1.29, 1.82) is 0 Å². The summed E-state index contributed by atoms with van der Waals surface area (Å²) in [5.41, 5.74) is 4.40. The van der Waals surface area contributed by atoms with Crippen LogP contribution in [0.5, 0.6) is 0 Å². The molecule has 1 unspecified atom stereocenters. The van der Waals surface area contributed by atoms with Gasteiger partial charge in [-0.05, 0) is 43.9 Å². The predicted octanol–water partition coefficient (Wildman–Crippen LogP) is 3.92. The smallest absolute Gasteiger partial charge is 0.253 e. The zero-order valence-electron chi connectivity index (χ0n) is 18.4. The van der Waals surface area contributed by atoms with Gasteiger partial charge in [0, 0.05) is 37.2 Å². The summed E-state index contributed by atoms with van der Waals surface area (Å²) in [6.45, 7) is 1.46. The average molecular weight is 478 g/mol. The standard InChI is InChI=1S/C24H24ClN7O2/c25-18-10-14(3-6-17(18)24(33)29-15-4-5-15)21-12-27-23-22(26-11-16-2-1-9-34-16)30-20(13-32(21)23)19-7-8-28-31-19/h3,6-8,10,12-13,15-16H,1-2,4-5,9,11H2,(H,26,30)(H,28,31)(H,29,33). The van der Waals surface area contributed by atoms with Crippen molar-refractivity contribution in [2.24, 2.45) is 0 Å². The first-order chi connectivity index (χ1) is 16.7. The molecule has 1 saturated carbocycles. The maximum absolute atomic E-state index is 12.5. The van der Waals surface area contributed by atoms with Crippen molar-refractivity contribution < 1.29 is 9.53 Å². The summed E-state index contributed by atoms with van der Waals surface area (Å²) < 4.78 is 7.74. The number of imidazole rings is 1. The monoisotopic (exact) mass is 477 g/mol. The van der Waals surface area contributed by atoms with Crippen LogP contribution in [-0.4, -0.2) is 55.8 Å². The Bertz CT molecular complexity index is 1340. The molecule has 2 aliphatic rings. The molecule has 4 heterocycles. The molecule has 4 aromatic rings. The predicted molar refractivity (Wildman–Crippen MR) is 129 cm³/mol. The van der Waals surface area contributed by atoms with E-state index in [0.717, 1.165) is 54.9 Å². The van der Waals surface area contributed by atoms with E-state index in [4.69, 9.17) is 21.3 Å². The van der Waals surface area contributed by atoms with Gasteiger partial charge >= 0.3 is 0 Å². The Morgan fingerprint density at radius 2 is 2.18 bits per heavy atom. The van der Waals surface area contributed by atoms with Gasteiger partial charge in [0.1, 0.15) is 5.69 Å². The maximum Gasteiger partial charge on any atom is 0.253 e. The van der Waals surface area contributed by atoms with Crippen molar-refractivity contribution >= 4 is 29.0 Å². The Morgan fingerprint density at radius 3 is 2.91 bits per heavy atom. The van der Waals surface area contributed by atoms with Gasteiger partial charge < -0.3 is 15.4 Å². The van der Waals surface area contributed by atoms with Crippen LogP contribution in [0.2, 0.25) is 5.02 Å². The molecule has 3 aromatic heterocycles. The van der Waals surface area contributed by atoms with Gasteiger partial charge in [0.25, 0.3) is 5.91 Å². The number of fused-ring (bicyclic) bond motifs is 1. The Morgan fingerprint density at radius 1 is 1.26 bits per heavy atom. The van der Waals surface area contributed by atoms with Gasteiger partial charge in [-0.25, -0.2) is 9.97 Å². The van der Waals surface area contributed by atoms with Gasteiger partial charge in [-0.3, -0.25) is 14.3 Å². The average Bonchev–Trinajstić information content (AvgIpc) is 3.28. The van der Waals surface area contributed by atoms with Crippen LogP contribution in [0.3, 0.4) is 0 Å². The van der Waals surface area contributed by atoms with E-state index < -0.39 is 0 Å². The molecule has 1 atom stereocenters. The molecule has 0 radical (unpaired) electrons. The van der Waals surface area contributed by atoms with E-state index in [1.807, 2.05) is 28.8 Å². The largest absolute Gasteiger partial charge is 0.376 e. The number of hydrogen-bond donors (Lipinski definition) is 3. The number of ether oxygens (including phenoxy) is 1. The fourth-order valence-electron chi connectivity index (χ4n) is 4.21. The van der Waals surface area contributed by atoms with Crippen LogP contribution in [0.15, 0.2) is 42.9 Å². The highest BCUT2D eigenvalue weighted by Gasteiger charge is 2.25. The van der Waals surface area contributed by atoms with Crippen LogP contribution in [-0.2, 0) is 4.74 Å². The lowest BCUT2D eigenvalue weighted by Crippen LogP contribution is -2.25. The van der Waals surface area contributed by atoms with Crippen LogP contribution in [0.1, 0.15) is 36.0 Å². The summed E-state index contributed by atoms with van der Waals surface area (Å²) in [5, 5.41) is 13.9. The second-order valence-corrected chi connectivity index (χ2v) is 9.15. The van der Waals surface area contributed by atoms with Gasteiger partial charge in [0.2, 0.25) is 0 Å². The molecular formula is C24H24ClN7O2. The molecular weight excluding hydrogens is 454 g/mol. The Kier molecular flexibility index (Phi) is 5.43. The number of nitrogens with zero attached hydrogens (tertiary/aromatic N) is 4. The fourth-order valence-corrected chi connectivity index (χ4v) is 4.48. The van der Waals surface area contributed by atoms with Crippen molar-refractivity contribution in [3.63, 3.8) is 0 Å². The summed E-state index contributed by atoms with van der Waals surface area (Å²) in [4.78, 5) is 21.9. The Labute approximate surface area is 200 Å². The first kappa shape index (κ1) is 21.1. The summed E-state index contributed by atoms with van der Waals surface area (Å²) in [6, 6.07) is 7.62. The molecule has 1 aliphatic heterocycles. The number of hydrogen-bond acceptors (Lipinski definition) is 6. The summed E-state index contributed by atoms with van der Waals surface area (Å²) in [6.07, 6.45) is 9.73. The van der Waals surface area contributed by atoms with E-state index in [1.54, 1.807) is 18.5 Å². The lowest BCUT2D eigenvalue weighted by molar-refractivity contribution is 0.0951. The second kappa shape index (κ2) is 8.73. The number of H-pyrrole nitrogens is 1. The molecule has 10 heteroatoms. The number of halogens is 1. The molecule has 2 fully saturated rings. The number of carbonyl (C=O) groups is 1. The van der Waals surface area contributed by atoms with Crippen LogP contribution in [0.25, 0.3) is 28.3 Å². The van der Waals surface area contributed by atoms with E-state index in [2.05, 4.69) is 25.8 Å². The van der Waals surface area contributed by atoms with E-state index in [0.29, 0.717) is 28.6 Å². The Balaban J connectivity index is 1.38. The van der Waals surface area contributed by atoms with Crippen LogP contribution in [0, 0.1) is 0 Å². The molecule has 9 nitrogen and oxygen atoms in total. The number of aromatic nitrogens is 5. The molecule has 1 aromatic carbocycles. The number of carbonyl (C=O) groups excluding carboxylic acids is 1. The lowest BCUT2D eigenvalue weighted by atomic mass is 10.1. The molecule has 0 spiro atoms. The number of aromatic amines is 1. The number of nitrogens with one attached hydrogen (secondary N) is 3. The zero-order valence-corrected chi connectivity index (χ0v) is 19.2. The third-order valence-corrected chi connectivity index (χ3v) is 6.52. The molecule has 1 aliphatic carbocycles. The SMILES string of the molecule is O=C(NC1CC1)c1ccc(-c2cnc3c(NCC4CCCO4)nc(-c4ccn[nH]4)cn23)cc1Cl. The minimum Gasteiger partial charge on any atom is -0.376 e. The quantitative estimate of drug-likeness (QED) is 0.372. The molecule has 6 rings (SSSR count).